The minimum atomic E-state index is -0.0349. The molecule has 0 bridgehead atoms. The maximum Gasteiger partial charge on any atom is 0.184 e. The molecule has 0 fully saturated rings. The second-order valence-electron chi connectivity index (χ2n) is 3.09. The van der Waals surface area contributed by atoms with Crippen molar-refractivity contribution in [2.24, 2.45) is 10.8 Å². The third-order valence-corrected chi connectivity index (χ3v) is 1.96. The summed E-state index contributed by atoms with van der Waals surface area (Å²) in [5.41, 5.74) is 8.44. The Morgan fingerprint density at radius 3 is 3.00 bits per heavy atom. The summed E-state index contributed by atoms with van der Waals surface area (Å²) in [6.45, 7) is -0.0349. The molecule has 0 aliphatic rings. The van der Waals surface area contributed by atoms with Crippen LogP contribution >= 0.6 is 12.2 Å². The van der Waals surface area contributed by atoms with Crippen molar-refractivity contribution in [1.29, 1.82) is 5.26 Å². The SMILES string of the molecule is COc1cc(/C=N\NC(N)=S)ccc1OCC#N. The van der Waals surface area contributed by atoms with Gasteiger partial charge in [-0.1, -0.05) is 0 Å². The Kier molecular flexibility index (Phi) is 5.41. The number of hydrogen-bond acceptors (Lipinski definition) is 5. The Morgan fingerprint density at radius 2 is 2.39 bits per heavy atom. The zero-order chi connectivity index (χ0) is 13.4. The van der Waals surface area contributed by atoms with E-state index in [-0.39, 0.29) is 11.7 Å². The van der Waals surface area contributed by atoms with Crippen LogP contribution in [0, 0.1) is 11.3 Å². The number of nitrogens with one attached hydrogen (secondary N) is 1. The van der Waals surface area contributed by atoms with Crippen LogP contribution in [0.25, 0.3) is 0 Å². The molecule has 3 N–H and O–H groups in total. The summed E-state index contributed by atoms with van der Waals surface area (Å²) in [6.07, 6.45) is 1.54. The van der Waals surface area contributed by atoms with Gasteiger partial charge < -0.3 is 15.2 Å². The fourth-order valence-electron chi connectivity index (χ4n) is 1.16. The number of benzene rings is 1. The Hall–Kier alpha value is -2.33. The molecule has 0 heterocycles. The van der Waals surface area contributed by atoms with Crippen molar-refractivity contribution < 1.29 is 9.47 Å². The molecule has 0 aliphatic heterocycles. The van der Waals surface area contributed by atoms with Crippen LogP contribution in [0.2, 0.25) is 0 Å². The maximum atomic E-state index is 8.44. The van der Waals surface area contributed by atoms with Gasteiger partial charge in [-0.3, -0.25) is 5.43 Å². The maximum absolute atomic E-state index is 8.44. The topological polar surface area (TPSA) is 92.7 Å². The molecule has 6 nitrogen and oxygen atoms in total. The number of ether oxygens (including phenoxy) is 2. The standard InChI is InChI=1S/C11H12N4O2S/c1-16-10-6-8(7-14-15-11(13)18)2-3-9(10)17-5-4-12/h2-3,6-7H,5H2,1H3,(H3,13,15,18)/b14-7-. The predicted molar refractivity (Wildman–Crippen MR) is 71.6 cm³/mol. The van der Waals surface area contributed by atoms with Crippen LogP contribution in [0.4, 0.5) is 0 Å². The molecule has 7 heteroatoms. The fourth-order valence-corrected chi connectivity index (χ4v) is 1.22. The molecule has 0 atom stereocenters. The molecule has 0 saturated heterocycles. The molecular weight excluding hydrogens is 252 g/mol. The van der Waals surface area contributed by atoms with Gasteiger partial charge >= 0.3 is 0 Å². The van der Waals surface area contributed by atoms with Gasteiger partial charge in [0, 0.05) is 0 Å². The van der Waals surface area contributed by atoms with Crippen LogP contribution in [0.5, 0.6) is 11.5 Å². The number of hydrogen-bond donors (Lipinski definition) is 2. The first-order valence-corrected chi connectivity index (χ1v) is 5.34. The van der Waals surface area contributed by atoms with Crippen molar-refractivity contribution in [2.75, 3.05) is 13.7 Å². The van der Waals surface area contributed by atoms with Crippen LogP contribution in [-0.4, -0.2) is 25.0 Å². The molecule has 0 saturated carbocycles. The zero-order valence-corrected chi connectivity index (χ0v) is 10.5. The first-order valence-electron chi connectivity index (χ1n) is 4.93. The first kappa shape index (κ1) is 13.7. The van der Waals surface area contributed by atoms with E-state index >= 15 is 0 Å². The fraction of sp³-hybridized carbons (Fsp3) is 0.182. The lowest BCUT2D eigenvalue weighted by Crippen LogP contribution is -2.23. The molecule has 0 radical (unpaired) electrons. The van der Waals surface area contributed by atoms with Gasteiger partial charge in [0.2, 0.25) is 0 Å². The Labute approximate surface area is 110 Å². The molecule has 18 heavy (non-hydrogen) atoms. The van der Waals surface area contributed by atoms with Crippen molar-refractivity contribution in [3.8, 4) is 17.6 Å². The molecule has 0 spiro atoms. The molecular formula is C11H12N4O2S. The van der Waals surface area contributed by atoms with Crippen molar-refractivity contribution in [3.63, 3.8) is 0 Å². The monoisotopic (exact) mass is 264 g/mol. The van der Waals surface area contributed by atoms with Crippen LogP contribution in [0.3, 0.4) is 0 Å². The molecule has 0 aliphatic carbocycles. The normalized spacial score (nSPS) is 9.78. The lowest BCUT2D eigenvalue weighted by Gasteiger charge is -2.08. The molecule has 94 valence electrons. The lowest BCUT2D eigenvalue weighted by molar-refractivity contribution is 0.329. The number of nitriles is 1. The van der Waals surface area contributed by atoms with Crippen LogP contribution in [0.1, 0.15) is 5.56 Å². The van der Waals surface area contributed by atoms with Crippen LogP contribution in [-0.2, 0) is 0 Å². The third-order valence-electron chi connectivity index (χ3n) is 1.87. The highest BCUT2D eigenvalue weighted by Crippen LogP contribution is 2.27. The number of nitrogens with two attached hydrogens (primary N) is 1. The number of nitrogens with zero attached hydrogens (tertiary/aromatic N) is 2. The highest BCUT2D eigenvalue weighted by molar-refractivity contribution is 7.80. The summed E-state index contributed by atoms with van der Waals surface area (Å²) < 4.78 is 10.3. The van der Waals surface area contributed by atoms with Crippen molar-refractivity contribution >= 4 is 23.5 Å². The summed E-state index contributed by atoms with van der Waals surface area (Å²) in [5.74, 6) is 1.02. The lowest BCUT2D eigenvalue weighted by atomic mass is 10.2. The van der Waals surface area contributed by atoms with Gasteiger partial charge in [0.15, 0.2) is 23.2 Å². The zero-order valence-electron chi connectivity index (χ0n) is 9.71. The van der Waals surface area contributed by atoms with Gasteiger partial charge in [-0.25, -0.2) is 0 Å². The van der Waals surface area contributed by atoms with Crippen molar-refractivity contribution in [1.82, 2.24) is 5.43 Å². The molecule has 0 aromatic heterocycles. The highest BCUT2D eigenvalue weighted by atomic mass is 32.1. The van der Waals surface area contributed by atoms with E-state index in [4.69, 9.17) is 20.5 Å². The Morgan fingerprint density at radius 1 is 1.61 bits per heavy atom. The number of hydrazone groups is 1. The van der Waals surface area contributed by atoms with Gasteiger partial charge in [-0.15, -0.1) is 0 Å². The van der Waals surface area contributed by atoms with Gasteiger partial charge in [0.05, 0.1) is 13.3 Å². The summed E-state index contributed by atoms with van der Waals surface area (Å²) in [7, 11) is 1.52. The highest BCUT2D eigenvalue weighted by Gasteiger charge is 2.04. The minimum absolute atomic E-state index is 0.0349. The average molecular weight is 264 g/mol. The minimum Gasteiger partial charge on any atom is -0.493 e. The number of thiocarbonyl (C=S) groups is 1. The van der Waals surface area contributed by atoms with Crippen molar-refractivity contribution in [3.05, 3.63) is 23.8 Å². The largest absolute Gasteiger partial charge is 0.493 e. The van der Waals surface area contributed by atoms with E-state index in [0.29, 0.717) is 11.5 Å². The summed E-state index contributed by atoms with van der Waals surface area (Å²) in [4.78, 5) is 0. The van der Waals surface area contributed by atoms with Gasteiger partial charge in [0.1, 0.15) is 6.07 Å². The van der Waals surface area contributed by atoms with Gasteiger partial charge in [0.25, 0.3) is 0 Å². The molecule has 1 rings (SSSR count). The smallest absolute Gasteiger partial charge is 0.184 e. The van der Waals surface area contributed by atoms with Gasteiger partial charge in [-0.2, -0.15) is 10.4 Å². The Bertz CT molecular complexity index is 496. The molecule has 1 aromatic carbocycles. The van der Waals surface area contributed by atoms with Crippen LogP contribution in [0.15, 0.2) is 23.3 Å². The van der Waals surface area contributed by atoms with E-state index in [0.717, 1.165) is 5.56 Å². The molecule has 0 unspecified atom stereocenters. The molecule has 1 aromatic rings. The number of methoxy groups -OCH3 is 1. The summed E-state index contributed by atoms with van der Waals surface area (Å²) >= 11 is 4.61. The van der Waals surface area contributed by atoms with E-state index in [1.54, 1.807) is 18.2 Å². The van der Waals surface area contributed by atoms with E-state index in [2.05, 4.69) is 22.7 Å². The first-order chi connectivity index (χ1) is 8.67. The number of rotatable bonds is 5. The second kappa shape index (κ2) is 7.09. The van der Waals surface area contributed by atoms with E-state index in [1.807, 2.05) is 6.07 Å². The summed E-state index contributed by atoms with van der Waals surface area (Å²) in [6, 6.07) is 7.06. The van der Waals surface area contributed by atoms with Crippen molar-refractivity contribution in [2.45, 2.75) is 0 Å². The van der Waals surface area contributed by atoms with E-state index in [1.165, 1.54) is 13.3 Å². The van der Waals surface area contributed by atoms with E-state index in [9.17, 15) is 0 Å². The molecule has 0 amide bonds. The second-order valence-corrected chi connectivity index (χ2v) is 3.53. The quantitative estimate of drug-likeness (QED) is 0.463. The van der Waals surface area contributed by atoms with Crippen LogP contribution < -0.4 is 20.6 Å². The Balaban J connectivity index is 2.81. The predicted octanol–water partition coefficient (Wildman–Crippen LogP) is 0.765. The third kappa shape index (κ3) is 4.27. The van der Waals surface area contributed by atoms with Gasteiger partial charge in [-0.05, 0) is 36.0 Å². The summed E-state index contributed by atoms with van der Waals surface area (Å²) in [5, 5.41) is 12.4. The van der Waals surface area contributed by atoms with E-state index < -0.39 is 0 Å². The average Bonchev–Trinajstić information content (AvgIpc) is 2.36.